The van der Waals surface area contributed by atoms with Gasteiger partial charge in [0.1, 0.15) is 0 Å². The Hall–Kier alpha value is -0.770. The maximum absolute atomic E-state index is 11.7. The molecule has 1 N–H and O–H groups in total. The fourth-order valence-electron chi connectivity index (χ4n) is 3.77. The summed E-state index contributed by atoms with van der Waals surface area (Å²) in [6.45, 7) is 2.13. The van der Waals surface area contributed by atoms with Crippen molar-refractivity contribution in [1.82, 2.24) is 4.90 Å². The van der Waals surface area contributed by atoms with E-state index in [1.165, 1.54) is 0 Å². The van der Waals surface area contributed by atoms with Gasteiger partial charge in [-0.15, -0.1) is 0 Å². The Bertz CT molecular complexity index is 549. The lowest BCUT2D eigenvalue weighted by Gasteiger charge is -2.23. The first kappa shape index (κ1) is 14.2. The van der Waals surface area contributed by atoms with E-state index in [4.69, 9.17) is 23.2 Å². The van der Waals surface area contributed by atoms with Gasteiger partial charge in [-0.2, -0.15) is 0 Å². The molecular formula is C15H17Cl2NO2. The minimum absolute atomic E-state index is 0.276. The minimum atomic E-state index is -0.639. The third-order valence-corrected chi connectivity index (χ3v) is 5.37. The largest absolute Gasteiger partial charge is 0.481 e. The summed E-state index contributed by atoms with van der Waals surface area (Å²) in [6, 6.07) is 5.43. The van der Waals surface area contributed by atoms with Crippen LogP contribution in [0.2, 0.25) is 10.0 Å². The van der Waals surface area contributed by atoms with Crippen molar-refractivity contribution in [3.05, 3.63) is 33.8 Å². The van der Waals surface area contributed by atoms with Crippen LogP contribution in [0.5, 0.6) is 0 Å². The van der Waals surface area contributed by atoms with Crippen LogP contribution in [0.3, 0.4) is 0 Å². The van der Waals surface area contributed by atoms with E-state index in [1.807, 2.05) is 6.07 Å². The maximum Gasteiger partial charge on any atom is 0.311 e. The highest BCUT2D eigenvalue weighted by molar-refractivity contribution is 6.33. The highest BCUT2D eigenvalue weighted by Gasteiger charge is 2.54. The summed E-state index contributed by atoms with van der Waals surface area (Å²) in [5.74, 6) is -0.363. The molecule has 1 saturated heterocycles. The molecule has 20 heavy (non-hydrogen) atoms. The van der Waals surface area contributed by atoms with Crippen LogP contribution in [0.1, 0.15) is 24.8 Å². The van der Waals surface area contributed by atoms with Crippen molar-refractivity contribution in [2.45, 2.75) is 25.8 Å². The molecule has 1 aliphatic heterocycles. The molecule has 2 aliphatic rings. The average Bonchev–Trinajstić information content (AvgIpc) is 2.91. The van der Waals surface area contributed by atoms with Gasteiger partial charge in [0.2, 0.25) is 0 Å². The molecule has 0 unspecified atom stereocenters. The smallest absolute Gasteiger partial charge is 0.311 e. The highest BCUT2D eigenvalue weighted by atomic mass is 35.5. The summed E-state index contributed by atoms with van der Waals surface area (Å²) >= 11 is 12.2. The SMILES string of the molecule is O=C(O)[C@@]12CCC[C@H]1CN(Cc1cc(Cl)ccc1Cl)C2. The molecule has 108 valence electrons. The Labute approximate surface area is 128 Å². The third kappa shape index (κ3) is 2.32. The molecule has 1 saturated carbocycles. The lowest BCUT2D eigenvalue weighted by molar-refractivity contribution is -0.149. The number of fused-ring (bicyclic) bond motifs is 1. The zero-order valence-corrected chi connectivity index (χ0v) is 12.6. The molecule has 0 radical (unpaired) electrons. The van der Waals surface area contributed by atoms with Gasteiger partial charge in [0.25, 0.3) is 0 Å². The molecule has 0 spiro atoms. The van der Waals surface area contributed by atoms with Gasteiger partial charge >= 0.3 is 5.97 Å². The standard InChI is InChI=1S/C15H17Cl2NO2/c16-12-3-4-13(17)10(6-12)7-18-8-11-2-1-5-15(11,9-18)14(19)20/h3-4,6,11H,1-2,5,7-9H2,(H,19,20)/t11-,15+/m0/s1. The zero-order chi connectivity index (χ0) is 14.3. The lowest BCUT2D eigenvalue weighted by Crippen LogP contribution is -2.35. The van der Waals surface area contributed by atoms with Crippen molar-refractivity contribution in [3.8, 4) is 0 Å². The summed E-state index contributed by atoms with van der Waals surface area (Å²) in [4.78, 5) is 13.9. The van der Waals surface area contributed by atoms with E-state index in [2.05, 4.69) is 4.90 Å². The molecule has 2 fully saturated rings. The fraction of sp³-hybridized carbons (Fsp3) is 0.533. The van der Waals surface area contributed by atoms with Crippen LogP contribution in [-0.2, 0) is 11.3 Å². The van der Waals surface area contributed by atoms with Crippen LogP contribution in [-0.4, -0.2) is 29.1 Å². The molecule has 5 heteroatoms. The first-order valence-corrected chi connectivity index (χ1v) is 7.66. The van der Waals surface area contributed by atoms with E-state index >= 15 is 0 Å². The Morgan fingerprint density at radius 1 is 1.45 bits per heavy atom. The average molecular weight is 314 g/mol. The molecule has 1 heterocycles. The summed E-state index contributed by atoms with van der Waals surface area (Å²) in [5, 5.41) is 10.9. The van der Waals surface area contributed by atoms with Gasteiger partial charge in [0.15, 0.2) is 0 Å². The van der Waals surface area contributed by atoms with E-state index in [-0.39, 0.29) is 5.92 Å². The van der Waals surface area contributed by atoms with Crippen molar-refractivity contribution in [2.75, 3.05) is 13.1 Å². The van der Waals surface area contributed by atoms with Crippen LogP contribution < -0.4 is 0 Å². The number of carbonyl (C=O) groups is 1. The summed E-state index contributed by atoms with van der Waals surface area (Å²) < 4.78 is 0. The van der Waals surface area contributed by atoms with Gasteiger partial charge in [0, 0.05) is 29.7 Å². The Kier molecular flexibility index (Phi) is 3.69. The number of carboxylic acids is 1. The molecule has 2 atom stereocenters. The molecule has 1 aliphatic carbocycles. The molecule has 3 rings (SSSR count). The zero-order valence-electron chi connectivity index (χ0n) is 11.1. The summed E-state index contributed by atoms with van der Waals surface area (Å²) in [7, 11) is 0. The normalized spacial score (nSPS) is 29.6. The lowest BCUT2D eigenvalue weighted by atomic mass is 9.81. The van der Waals surface area contributed by atoms with Crippen LogP contribution in [0.25, 0.3) is 0 Å². The van der Waals surface area contributed by atoms with E-state index < -0.39 is 11.4 Å². The number of halogens is 2. The number of likely N-dealkylation sites (tertiary alicyclic amines) is 1. The van der Waals surface area contributed by atoms with Crippen LogP contribution in [0, 0.1) is 11.3 Å². The monoisotopic (exact) mass is 313 g/mol. The van der Waals surface area contributed by atoms with Gasteiger partial charge in [-0.05, 0) is 42.5 Å². The predicted octanol–water partition coefficient (Wildman–Crippen LogP) is 3.68. The number of rotatable bonds is 3. The highest BCUT2D eigenvalue weighted by Crippen LogP contribution is 2.49. The second-order valence-electron chi connectivity index (χ2n) is 5.96. The fourth-order valence-corrected chi connectivity index (χ4v) is 4.14. The van der Waals surface area contributed by atoms with E-state index in [9.17, 15) is 9.90 Å². The van der Waals surface area contributed by atoms with E-state index in [1.54, 1.807) is 12.1 Å². The van der Waals surface area contributed by atoms with E-state index in [0.717, 1.165) is 31.4 Å². The minimum Gasteiger partial charge on any atom is -0.481 e. The molecule has 0 amide bonds. The molecule has 0 bridgehead atoms. The number of aliphatic carboxylic acids is 1. The van der Waals surface area contributed by atoms with Crippen LogP contribution in [0.4, 0.5) is 0 Å². The van der Waals surface area contributed by atoms with Gasteiger partial charge in [0.05, 0.1) is 5.41 Å². The van der Waals surface area contributed by atoms with Crippen LogP contribution >= 0.6 is 23.2 Å². The third-order valence-electron chi connectivity index (χ3n) is 4.77. The second kappa shape index (κ2) is 5.21. The Balaban J connectivity index is 1.78. The number of nitrogens with zero attached hydrogens (tertiary/aromatic N) is 1. The maximum atomic E-state index is 11.7. The molecule has 0 aromatic heterocycles. The van der Waals surface area contributed by atoms with Crippen molar-refractivity contribution in [2.24, 2.45) is 11.3 Å². The number of benzene rings is 1. The summed E-state index contributed by atoms with van der Waals surface area (Å²) in [5.41, 5.74) is 0.435. The van der Waals surface area contributed by atoms with Crippen molar-refractivity contribution >= 4 is 29.2 Å². The molecular weight excluding hydrogens is 297 g/mol. The molecule has 3 nitrogen and oxygen atoms in total. The predicted molar refractivity (Wildman–Crippen MR) is 79.1 cm³/mol. The summed E-state index contributed by atoms with van der Waals surface area (Å²) in [6.07, 6.45) is 2.85. The topological polar surface area (TPSA) is 40.5 Å². The number of hydrogen-bond donors (Lipinski definition) is 1. The van der Waals surface area contributed by atoms with Crippen LogP contribution in [0.15, 0.2) is 18.2 Å². The molecule has 1 aromatic rings. The quantitative estimate of drug-likeness (QED) is 0.925. The first-order chi connectivity index (χ1) is 9.51. The van der Waals surface area contributed by atoms with Gasteiger partial charge in [-0.1, -0.05) is 29.6 Å². The van der Waals surface area contributed by atoms with Crippen molar-refractivity contribution < 1.29 is 9.90 Å². The van der Waals surface area contributed by atoms with E-state index in [0.29, 0.717) is 23.1 Å². The van der Waals surface area contributed by atoms with Crippen molar-refractivity contribution in [3.63, 3.8) is 0 Å². The van der Waals surface area contributed by atoms with Gasteiger partial charge in [-0.25, -0.2) is 0 Å². The Morgan fingerprint density at radius 3 is 2.95 bits per heavy atom. The van der Waals surface area contributed by atoms with Gasteiger partial charge < -0.3 is 5.11 Å². The second-order valence-corrected chi connectivity index (χ2v) is 6.80. The molecule has 1 aromatic carbocycles. The Morgan fingerprint density at radius 2 is 2.25 bits per heavy atom. The van der Waals surface area contributed by atoms with Crippen molar-refractivity contribution in [1.29, 1.82) is 0 Å². The van der Waals surface area contributed by atoms with Gasteiger partial charge in [-0.3, -0.25) is 9.69 Å². The number of hydrogen-bond acceptors (Lipinski definition) is 2. The first-order valence-electron chi connectivity index (χ1n) is 6.91. The number of carboxylic acid groups (broad SMARTS) is 1.